The molecule has 1 fully saturated rings. The molecular weight excluding hydrogens is 444 g/mol. The van der Waals surface area contributed by atoms with E-state index < -0.39 is 26.5 Å². The van der Waals surface area contributed by atoms with Crippen LogP contribution < -0.4 is 14.8 Å². The summed E-state index contributed by atoms with van der Waals surface area (Å²) in [5, 5.41) is 11.4. The Morgan fingerprint density at radius 3 is 2.39 bits per heavy atom. The maximum Gasteiger partial charge on any atom is 0.405 e. The van der Waals surface area contributed by atoms with Crippen LogP contribution in [0.2, 0.25) is 18.1 Å². The number of ether oxygens (including phenoxy) is 2. The molecule has 0 bridgehead atoms. The molecule has 1 aliphatic rings. The topological polar surface area (TPSA) is 114 Å². The van der Waals surface area contributed by atoms with Crippen molar-refractivity contribution in [3.63, 3.8) is 0 Å². The van der Waals surface area contributed by atoms with Gasteiger partial charge in [0.15, 0.2) is 14.1 Å². The van der Waals surface area contributed by atoms with E-state index in [1.54, 1.807) is 30.2 Å². The standard InChI is InChI=1S/C23H36N2O7Si/c1-23(2,3)33(6,7)32-14-16(26)9-11-18-20(24-22(28)29)21(27)25(18)13-15-8-10-17(30-4)12-19(15)31-5/h8,10,12,18,20,24H,9,11,13-14H2,1-7H3,(H,28,29)/t18-,20+/m1/s1. The van der Waals surface area contributed by atoms with Gasteiger partial charge in [-0.15, -0.1) is 0 Å². The van der Waals surface area contributed by atoms with E-state index in [-0.39, 0.29) is 36.3 Å². The molecule has 10 heteroatoms. The van der Waals surface area contributed by atoms with Gasteiger partial charge in [-0.05, 0) is 36.7 Å². The number of carbonyl (C=O) groups excluding carboxylic acids is 2. The molecule has 184 valence electrons. The van der Waals surface area contributed by atoms with Crippen molar-refractivity contribution in [3.8, 4) is 11.5 Å². The van der Waals surface area contributed by atoms with E-state index in [0.29, 0.717) is 17.9 Å². The molecule has 0 aliphatic carbocycles. The molecule has 0 aromatic heterocycles. The van der Waals surface area contributed by atoms with E-state index >= 15 is 0 Å². The number of nitrogens with zero attached hydrogens (tertiary/aromatic N) is 1. The van der Waals surface area contributed by atoms with Gasteiger partial charge in [0.25, 0.3) is 0 Å². The molecule has 1 saturated heterocycles. The molecule has 0 radical (unpaired) electrons. The SMILES string of the molecule is COc1ccc(CN2C(=O)[C@@H](NC(=O)O)[C@H]2CCC(=O)CO[Si](C)(C)C(C)(C)C)c(OC)c1. The van der Waals surface area contributed by atoms with Crippen LogP contribution >= 0.6 is 0 Å². The Bertz CT molecular complexity index is 882. The summed E-state index contributed by atoms with van der Waals surface area (Å²) in [5.41, 5.74) is 0.762. The third-order valence-corrected chi connectivity index (χ3v) is 11.0. The fraction of sp³-hybridized carbons (Fsp3) is 0.609. The second kappa shape index (κ2) is 10.6. The molecule has 2 rings (SSSR count). The summed E-state index contributed by atoms with van der Waals surface area (Å²) >= 11 is 0. The molecule has 1 aliphatic heterocycles. The number of carbonyl (C=O) groups is 3. The summed E-state index contributed by atoms with van der Waals surface area (Å²) in [6, 6.07) is 3.99. The van der Waals surface area contributed by atoms with Gasteiger partial charge >= 0.3 is 6.09 Å². The number of nitrogens with one attached hydrogen (secondary N) is 1. The summed E-state index contributed by atoms with van der Waals surface area (Å²) in [7, 11) is 1.04. The zero-order chi connectivity index (χ0) is 25.0. The van der Waals surface area contributed by atoms with Crippen LogP contribution in [0.3, 0.4) is 0 Å². The predicted octanol–water partition coefficient (Wildman–Crippen LogP) is 3.42. The molecule has 2 N–H and O–H groups in total. The third kappa shape index (κ3) is 6.48. The lowest BCUT2D eigenvalue weighted by Gasteiger charge is -2.47. The van der Waals surface area contributed by atoms with Crippen molar-refractivity contribution in [1.82, 2.24) is 10.2 Å². The number of hydrogen-bond donors (Lipinski definition) is 2. The fourth-order valence-electron chi connectivity index (χ4n) is 3.44. The second-order valence-electron chi connectivity index (χ2n) is 9.76. The van der Waals surface area contributed by atoms with Crippen molar-refractivity contribution in [2.45, 2.75) is 70.4 Å². The molecule has 1 heterocycles. The Balaban J connectivity index is 2.07. The van der Waals surface area contributed by atoms with Gasteiger partial charge in [-0.1, -0.05) is 20.8 Å². The summed E-state index contributed by atoms with van der Waals surface area (Å²) < 4.78 is 16.6. The van der Waals surface area contributed by atoms with Gasteiger partial charge < -0.3 is 29.2 Å². The van der Waals surface area contributed by atoms with Crippen LogP contribution in [0.15, 0.2) is 18.2 Å². The monoisotopic (exact) mass is 480 g/mol. The van der Waals surface area contributed by atoms with Gasteiger partial charge in [0.2, 0.25) is 5.91 Å². The Hall–Kier alpha value is -2.59. The Morgan fingerprint density at radius 2 is 1.85 bits per heavy atom. The van der Waals surface area contributed by atoms with Crippen molar-refractivity contribution < 1.29 is 33.4 Å². The molecule has 1 aromatic rings. The molecule has 2 amide bonds. The van der Waals surface area contributed by atoms with Gasteiger partial charge in [-0.3, -0.25) is 9.59 Å². The highest BCUT2D eigenvalue weighted by atomic mass is 28.4. The quantitative estimate of drug-likeness (QED) is 0.368. The number of rotatable bonds is 11. The van der Waals surface area contributed by atoms with E-state index in [1.807, 2.05) is 0 Å². The van der Waals surface area contributed by atoms with E-state index in [2.05, 4.69) is 39.2 Å². The summed E-state index contributed by atoms with van der Waals surface area (Å²) in [4.78, 5) is 38.0. The number of β-lactam (4-membered cyclic amide) rings is 1. The zero-order valence-electron chi connectivity index (χ0n) is 20.6. The van der Waals surface area contributed by atoms with Crippen LogP contribution in [0, 0.1) is 0 Å². The van der Waals surface area contributed by atoms with Crippen LogP contribution in [-0.4, -0.2) is 69.0 Å². The minimum absolute atomic E-state index is 0.00159. The average Bonchev–Trinajstić information content (AvgIpc) is 2.74. The molecule has 0 spiro atoms. The number of hydrogen-bond acceptors (Lipinski definition) is 6. The van der Waals surface area contributed by atoms with Crippen LogP contribution in [0.25, 0.3) is 0 Å². The first-order chi connectivity index (χ1) is 15.3. The molecule has 1 aromatic carbocycles. The normalized spacial score (nSPS) is 18.5. The van der Waals surface area contributed by atoms with E-state index in [4.69, 9.17) is 19.0 Å². The number of ketones is 1. The molecule has 0 saturated carbocycles. The first kappa shape index (κ1) is 26.7. The lowest BCUT2D eigenvalue weighted by Crippen LogP contribution is -2.70. The predicted molar refractivity (Wildman–Crippen MR) is 126 cm³/mol. The number of benzene rings is 1. The lowest BCUT2D eigenvalue weighted by atomic mass is 9.89. The van der Waals surface area contributed by atoms with Crippen molar-refractivity contribution in [3.05, 3.63) is 23.8 Å². The largest absolute Gasteiger partial charge is 0.497 e. The maximum atomic E-state index is 12.7. The number of Topliss-reactive ketones (excluding diaryl/α,β-unsaturated/α-hetero) is 1. The van der Waals surface area contributed by atoms with Crippen molar-refractivity contribution >= 4 is 26.1 Å². The molecule has 0 unspecified atom stereocenters. The Kier molecular flexibility index (Phi) is 8.53. The van der Waals surface area contributed by atoms with Gasteiger partial charge in [-0.25, -0.2) is 4.79 Å². The minimum Gasteiger partial charge on any atom is -0.497 e. The highest BCUT2D eigenvalue weighted by molar-refractivity contribution is 6.74. The first-order valence-electron chi connectivity index (χ1n) is 11.0. The van der Waals surface area contributed by atoms with Gasteiger partial charge in [0, 0.05) is 24.6 Å². The van der Waals surface area contributed by atoms with Crippen LogP contribution in [-0.2, 0) is 20.6 Å². The summed E-state index contributed by atoms with van der Waals surface area (Å²) in [6.07, 6.45) is -0.734. The number of amides is 2. The summed E-state index contributed by atoms with van der Waals surface area (Å²) in [5.74, 6) is 0.801. The average molecular weight is 481 g/mol. The second-order valence-corrected chi connectivity index (χ2v) is 14.6. The van der Waals surface area contributed by atoms with Crippen LogP contribution in [0.1, 0.15) is 39.2 Å². The van der Waals surface area contributed by atoms with Crippen LogP contribution in [0.4, 0.5) is 4.79 Å². The first-order valence-corrected chi connectivity index (χ1v) is 13.9. The van der Waals surface area contributed by atoms with Crippen molar-refractivity contribution in [1.29, 1.82) is 0 Å². The number of carboxylic acid groups (broad SMARTS) is 1. The highest BCUT2D eigenvalue weighted by Gasteiger charge is 2.48. The van der Waals surface area contributed by atoms with E-state index in [1.165, 1.54) is 7.11 Å². The smallest absolute Gasteiger partial charge is 0.405 e. The van der Waals surface area contributed by atoms with Crippen molar-refractivity contribution in [2.75, 3.05) is 20.8 Å². The molecule has 33 heavy (non-hydrogen) atoms. The highest BCUT2D eigenvalue weighted by Crippen LogP contribution is 2.36. The van der Waals surface area contributed by atoms with Gasteiger partial charge in [0.05, 0.1) is 26.9 Å². The minimum atomic E-state index is -2.05. The molecular formula is C23H36N2O7Si. The van der Waals surface area contributed by atoms with E-state index in [0.717, 1.165) is 5.56 Å². The number of likely N-dealkylation sites (tertiary alicyclic amines) is 1. The van der Waals surface area contributed by atoms with Gasteiger partial charge in [-0.2, -0.15) is 0 Å². The van der Waals surface area contributed by atoms with Crippen molar-refractivity contribution in [2.24, 2.45) is 0 Å². The van der Waals surface area contributed by atoms with E-state index in [9.17, 15) is 14.4 Å². The lowest BCUT2D eigenvalue weighted by molar-refractivity contribution is -0.153. The Labute approximate surface area is 196 Å². The zero-order valence-corrected chi connectivity index (χ0v) is 21.6. The summed E-state index contributed by atoms with van der Waals surface area (Å²) in [6.45, 7) is 10.8. The van der Waals surface area contributed by atoms with Crippen LogP contribution in [0.5, 0.6) is 11.5 Å². The fourth-order valence-corrected chi connectivity index (χ4v) is 4.39. The molecule has 9 nitrogen and oxygen atoms in total. The Morgan fingerprint density at radius 1 is 1.18 bits per heavy atom. The number of methoxy groups -OCH3 is 2. The third-order valence-electron chi connectivity index (χ3n) is 6.57. The maximum absolute atomic E-state index is 12.7. The van der Waals surface area contributed by atoms with Gasteiger partial charge in [0.1, 0.15) is 17.5 Å². The molecule has 2 atom stereocenters.